The van der Waals surface area contributed by atoms with Gasteiger partial charge in [0.1, 0.15) is 5.75 Å². The minimum atomic E-state index is -0.0766. The number of hydrogen-bond donors (Lipinski definition) is 2. The summed E-state index contributed by atoms with van der Waals surface area (Å²) < 4.78 is 0. The maximum Gasteiger partial charge on any atom is 0.121 e. The lowest BCUT2D eigenvalue weighted by atomic mass is 10.00. The topological polar surface area (TPSA) is 40.5 Å². The highest BCUT2D eigenvalue weighted by Gasteiger charge is 2.05. The van der Waals surface area contributed by atoms with Crippen LogP contribution in [0, 0.1) is 0 Å². The number of benzene rings is 1. The van der Waals surface area contributed by atoms with Gasteiger partial charge in [-0.1, -0.05) is 69.7 Å². The second-order valence-corrected chi connectivity index (χ2v) is 6.70. The first-order valence-electron chi connectivity index (χ1n) is 9.85. The molecule has 0 aliphatic heterocycles. The number of aromatic hydroxyl groups is 1. The van der Waals surface area contributed by atoms with E-state index >= 15 is 0 Å². The summed E-state index contributed by atoms with van der Waals surface area (Å²) in [5.41, 5.74) is 1.78. The molecule has 0 aromatic heterocycles. The van der Waals surface area contributed by atoms with E-state index < -0.39 is 0 Å². The zero-order valence-corrected chi connectivity index (χ0v) is 15.5. The molecule has 0 spiro atoms. The molecule has 0 aliphatic carbocycles. The number of aliphatic hydroxyl groups excluding tert-OH is 1. The molecule has 2 N–H and O–H groups in total. The molecule has 1 rings (SSSR count). The normalized spacial score (nSPS) is 11.4. The van der Waals surface area contributed by atoms with Crippen LogP contribution in [0.1, 0.15) is 88.7 Å². The lowest BCUT2D eigenvalue weighted by molar-refractivity contribution is 0.274. The molecular formula is C22H36O2. The van der Waals surface area contributed by atoms with Crippen molar-refractivity contribution in [3.63, 3.8) is 0 Å². The molecule has 0 saturated carbocycles. The second kappa shape index (κ2) is 14.1. The third-order valence-electron chi connectivity index (χ3n) is 4.61. The molecule has 0 fully saturated rings. The maximum absolute atomic E-state index is 9.73. The molecule has 0 bridgehead atoms. The molecule has 0 heterocycles. The van der Waals surface area contributed by atoms with Gasteiger partial charge in [0.2, 0.25) is 0 Å². The van der Waals surface area contributed by atoms with Crippen LogP contribution in [0.25, 0.3) is 0 Å². The highest BCUT2D eigenvalue weighted by Crippen LogP contribution is 2.22. The van der Waals surface area contributed by atoms with E-state index in [2.05, 4.69) is 19.1 Å². The Balaban J connectivity index is 1.99. The van der Waals surface area contributed by atoms with Crippen LogP contribution >= 0.6 is 0 Å². The molecule has 136 valence electrons. The lowest BCUT2D eigenvalue weighted by Crippen LogP contribution is -1.95. The summed E-state index contributed by atoms with van der Waals surface area (Å²) in [4.78, 5) is 0. The zero-order chi connectivity index (χ0) is 17.5. The van der Waals surface area contributed by atoms with Gasteiger partial charge < -0.3 is 10.2 Å². The molecule has 1 aromatic rings. The number of aliphatic hydroxyl groups is 1. The average molecular weight is 333 g/mol. The lowest BCUT2D eigenvalue weighted by Gasteiger charge is -2.09. The van der Waals surface area contributed by atoms with Crippen molar-refractivity contribution in [3.8, 4) is 5.75 Å². The molecule has 0 amide bonds. The Morgan fingerprint density at radius 1 is 0.833 bits per heavy atom. The first-order chi connectivity index (χ1) is 11.8. The molecule has 0 unspecified atom stereocenters. The fraction of sp³-hybridized carbons (Fsp3) is 0.636. The first-order valence-corrected chi connectivity index (χ1v) is 9.85. The quantitative estimate of drug-likeness (QED) is 0.310. The van der Waals surface area contributed by atoms with Crippen molar-refractivity contribution in [2.75, 3.05) is 0 Å². The van der Waals surface area contributed by atoms with Crippen LogP contribution in [0.5, 0.6) is 5.75 Å². The molecule has 0 radical (unpaired) electrons. The van der Waals surface area contributed by atoms with Crippen molar-refractivity contribution >= 4 is 0 Å². The van der Waals surface area contributed by atoms with E-state index in [1.54, 1.807) is 6.07 Å². The van der Waals surface area contributed by atoms with Crippen LogP contribution in [0.2, 0.25) is 0 Å². The van der Waals surface area contributed by atoms with Crippen molar-refractivity contribution in [1.29, 1.82) is 0 Å². The van der Waals surface area contributed by atoms with E-state index in [1.165, 1.54) is 64.2 Å². The third kappa shape index (κ3) is 9.12. The van der Waals surface area contributed by atoms with E-state index in [0.717, 1.165) is 18.4 Å². The zero-order valence-electron chi connectivity index (χ0n) is 15.5. The summed E-state index contributed by atoms with van der Waals surface area (Å²) in [5, 5.41) is 19.1. The summed E-state index contributed by atoms with van der Waals surface area (Å²) in [6, 6.07) is 5.52. The van der Waals surface area contributed by atoms with Crippen LogP contribution in [0.3, 0.4) is 0 Å². The minimum absolute atomic E-state index is 0.0766. The number of allylic oxidation sites excluding steroid dienone is 2. The number of rotatable bonds is 14. The maximum atomic E-state index is 9.73. The molecular weight excluding hydrogens is 296 g/mol. The summed E-state index contributed by atoms with van der Waals surface area (Å²) in [6.45, 7) is 2.18. The third-order valence-corrected chi connectivity index (χ3v) is 4.61. The van der Waals surface area contributed by atoms with E-state index in [0.29, 0.717) is 5.56 Å². The van der Waals surface area contributed by atoms with Crippen LogP contribution in [0.4, 0.5) is 0 Å². The molecule has 1 aromatic carbocycles. The fourth-order valence-corrected chi connectivity index (χ4v) is 3.07. The Hall–Kier alpha value is -1.28. The minimum Gasteiger partial charge on any atom is -0.508 e. The summed E-state index contributed by atoms with van der Waals surface area (Å²) in [5.74, 6) is 0.219. The van der Waals surface area contributed by atoms with Crippen LogP contribution in [0.15, 0.2) is 30.4 Å². The number of aryl methyl sites for hydroxylation is 1. The van der Waals surface area contributed by atoms with Crippen LogP contribution < -0.4 is 0 Å². The molecule has 24 heavy (non-hydrogen) atoms. The monoisotopic (exact) mass is 332 g/mol. The van der Waals surface area contributed by atoms with Gasteiger partial charge in [-0.05, 0) is 50.2 Å². The van der Waals surface area contributed by atoms with E-state index in [1.807, 2.05) is 12.1 Å². The summed E-state index contributed by atoms with van der Waals surface area (Å²) >= 11 is 0. The number of unbranched alkanes of at least 4 members (excludes halogenated alkanes) is 9. The van der Waals surface area contributed by atoms with Gasteiger partial charge in [0.25, 0.3) is 0 Å². The van der Waals surface area contributed by atoms with Crippen molar-refractivity contribution in [3.05, 3.63) is 41.5 Å². The van der Waals surface area contributed by atoms with E-state index in [4.69, 9.17) is 0 Å². The van der Waals surface area contributed by atoms with Crippen molar-refractivity contribution in [2.24, 2.45) is 0 Å². The van der Waals surface area contributed by atoms with Gasteiger partial charge in [-0.15, -0.1) is 0 Å². The van der Waals surface area contributed by atoms with E-state index in [-0.39, 0.29) is 12.4 Å². The summed E-state index contributed by atoms with van der Waals surface area (Å²) in [6.07, 6.45) is 19.7. The molecule has 0 saturated heterocycles. The van der Waals surface area contributed by atoms with Crippen LogP contribution in [-0.2, 0) is 13.0 Å². The highest BCUT2D eigenvalue weighted by molar-refractivity contribution is 5.38. The van der Waals surface area contributed by atoms with Crippen molar-refractivity contribution in [2.45, 2.75) is 90.6 Å². The Labute approximate surface area is 148 Å². The predicted molar refractivity (Wildman–Crippen MR) is 103 cm³/mol. The predicted octanol–water partition coefficient (Wildman–Crippen LogP) is 6.29. The van der Waals surface area contributed by atoms with Gasteiger partial charge >= 0.3 is 0 Å². The SMILES string of the molecule is CCCCCC/C=C\CCCCCCCc1cccc(O)c1CO. The van der Waals surface area contributed by atoms with Crippen molar-refractivity contribution in [1.82, 2.24) is 0 Å². The van der Waals surface area contributed by atoms with E-state index in [9.17, 15) is 10.2 Å². The van der Waals surface area contributed by atoms with Crippen molar-refractivity contribution < 1.29 is 10.2 Å². The van der Waals surface area contributed by atoms with Gasteiger partial charge in [-0.25, -0.2) is 0 Å². The Morgan fingerprint density at radius 2 is 1.46 bits per heavy atom. The first kappa shape index (κ1) is 20.8. The van der Waals surface area contributed by atoms with Gasteiger partial charge in [0.15, 0.2) is 0 Å². The fourth-order valence-electron chi connectivity index (χ4n) is 3.07. The number of hydrogen-bond acceptors (Lipinski definition) is 2. The molecule has 0 atom stereocenters. The van der Waals surface area contributed by atoms with Gasteiger partial charge in [-0.3, -0.25) is 0 Å². The largest absolute Gasteiger partial charge is 0.508 e. The Morgan fingerprint density at radius 3 is 2.12 bits per heavy atom. The smallest absolute Gasteiger partial charge is 0.121 e. The Bertz CT molecular complexity index is 451. The Kier molecular flexibility index (Phi) is 12.2. The van der Waals surface area contributed by atoms with Gasteiger partial charge in [0.05, 0.1) is 6.61 Å². The van der Waals surface area contributed by atoms with Gasteiger partial charge in [0, 0.05) is 5.56 Å². The number of phenols is 1. The van der Waals surface area contributed by atoms with Crippen LogP contribution in [-0.4, -0.2) is 10.2 Å². The highest BCUT2D eigenvalue weighted by atomic mass is 16.3. The molecule has 2 nitrogen and oxygen atoms in total. The summed E-state index contributed by atoms with van der Waals surface area (Å²) in [7, 11) is 0. The molecule has 2 heteroatoms. The standard InChI is InChI=1S/C22H36O2/c1-2-3-4-5-6-7-8-9-10-11-12-13-14-16-20-17-15-18-22(24)21(20)19-23/h7-8,15,17-18,23-24H,2-6,9-14,16,19H2,1H3/b8-7-. The molecule has 0 aliphatic rings. The average Bonchev–Trinajstić information content (AvgIpc) is 2.59. The van der Waals surface area contributed by atoms with Gasteiger partial charge in [-0.2, -0.15) is 0 Å². The second-order valence-electron chi connectivity index (χ2n) is 6.70.